The summed E-state index contributed by atoms with van der Waals surface area (Å²) in [4.78, 5) is 27.4. The van der Waals surface area contributed by atoms with Crippen molar-refractivity contribution in [1.82, 2.24) is 5.32 Å². The Bertz CT molecular complexity index is 928. The lowest BCUT2D eigenvalue weighted by atomic mass is 9.67. The smallest absolute Gasteiger partial charge is 0.328 e. The molecule has 1 aliphatic carbocycles. The van der Waals surface area contributed by atoms with E-state index in [1.165, 1.54) is 24.1 Å². The second-order valence-corrected chi connectivity index (χ2v) is 9.12. The zero-order chi connectivity index (χ0) is 21.3. The molecule has 3 aliphatic rings. The molecule has 1 N–H and O–H groups in total. The van der Waals surface area contributed by atoms with Crippen molar-refractivity contribution in [2.75, 3.05) is 29.4 Å². The molecule has 6 heteroatoms. The van der Waals surface area contributed by atoms with E-state index < -0.39 is 0 Å². The molecule has 6 nitrogen and oxygen atoms in total. The van der Waals surface area contributed by atoms with Gasteiger partial charge < -0.3 is 9.64 Å². The minimum atomic E-state index is -0.335. The van der Waals surface area contributed by atoms with Crippen LogP contribution in [0, 0.1) is 5.41 Å². The second-order valence-electron chi connectivity index (χ2n) is 9.12. The van der Waals surface area contributed by atoms with Gasteiger partial charge in [0.25, 0.3) is 0 Å². The number of nitrogens with one attached hydrogen (secondary N) is 1. The Morgan fingerprint density at radius 3 is 2.29 bits per heavy atom. The van der Waals surface area contributed by atoms with Crippen molar-refractivity contribution in [3.8, 4) is 0 Å². The van der Waals surface area contributed by atoms with Crippen molar-refractivity contribution >= 4 is 23.3 Å². The lowest BCUT2D eigenvalue weighted by Gasteiger charge is -2.54. The van der Waals surface area contributed by atoms with Crippen LogP contribution in [-0.2, 0) is 16.1 Å². The van der Waals surface area contributed by atoms with Crippen LogP contribution in [0.15, 0.2) is 54.6 Å². The first-order valence-corrected chi connectivity index (χ1v) is 11.2. The van der Waals surface area contributed by atoms with Crippen LogP contribution in [0.2, 0.25) is 0 Å². The van der Waals surface area contributed by atoms with E-state index in [4.69, 9.17) is 4.74 Å². The van der Waals surface area contributed by atoms with Crippen LogP contribution in [0.5, 0.6) is 0 Å². The summed E-state index contributed by atoms with van der Waals surface area (Å²) in [6.07, 6.45) is 5.46. The van der Waals surface area contributed by atoms with Gasteiger partial charge in [0, 0.05) is 42.8 Å². The lowest BCUT2D eigenvalue weighted by molar-refractivity contribution is -0.120. The first-order chi connectivity index (χ1) is 15.1. The predicted octanol–water partition coefficient (Wildman–Crippen LogP) is 4.10. The highest BCUT2D eigenvalue weighted by atomic mass is 16.5. The third kappa shape index (κ3) is 4.30. The molecule has 2 saturated heterocycles. The first kappa shape index (κ1) is 20.1. The molecule has 31 heavy (non-hydrogen) atoms. The van der Waals surface area contributed by atoms with Crippen molar-refractivity contribution in [3.05, 3.63) is 60.2 Å². The Balaban J connectivity index is 1.10. The molecule has 0 unspecified atom stereocenters. The Morgan fingerprint density at radius 2 is 1.61 bits per heavy atom. The standard InChI is InChI=1S/C25H29N3O3/c29-23-12-15-28(24(30)26-23)21-8-6-20(7-9-21)27-17-25(18-27)13-10-22(11-14-25)31-16-19-4-2-1-3-5-19/h1-9,22H,10-18H2,(H,26,29,30). The van der Waals surface area contributed by atoms with Crippen molar-refractivity contribution in [2.24, 2.45) is 5.41 Å². The van der Waals surface area contributed by atoms with Crippen LogP contribution < -0.4 is 15.1 Å². The average molecular weight is 420 g/mol. The molecular weight excluding hydrogens is 390 g/mol. The maximum Gasteiger partial charge on any atom is 0.328 e. The molecule has 0 radical (unpaired) electrons. The fraction of sp³-hybridized carbons (Fsp3) is 0.440. The maximum absolute atomic E-state index is 12.0. The first-order valence-electron chi connectivity index (χ1n) is 11.2. The maximum atomic E-state index is 12.0. The normalized spacial score (nSPS) is 21.2. The summed E-state index contributed by atoms with van der Waals surface area (Å²) in [7, 11) is 0. The SMILES string of the molecule is O=C1CCN(c2ccc(N3CC4(CCC(OCc5ccccc5)CC4)C3)cc2)C(=O)N1. The Morgan fingerprint density at radius 1 is 0.935 bits per heavy atom. The van der Waals surface area contributed by atoms with Crippen LogP contribution in [0.4, 0.5) is 16.2 Å². The topological polar surface area (TPSA) is 61.9 Å². The number of urea groups is 1. The van der Waals surface area contributed by atoms with E-state index in [1.807, 2.05) is 18.2 Å². The summed E-state index contributed by atoms with van der Waals surface area (Å²) >= 11 is 0. The lowest BCUT2D eigenvalue weighted by Crippen LogP contribution is -2.58. The van der Waals surface area contributed by atoms with Gasteiger partial charge in [0.2, 0.25) is 5.91 Å². The number of carbonyl (C=O) groups excluding carboxylic acids is 2. The highest BCUT2D eigenvalue weighted by molar-refractivity contribution is 6.05. The molecule has 2 aromatic rings. The third-order valence-corrected chi connectivity index (χ3v) is 6.95. The van der Waals surface area contributed by atoms with Crippen LogP contribution in [0.3, 0.4) is 0 Å². The van der Waals surface area contributed by atoms with E-state index in [0.29, 0.717) is 31.1 Å². The van der Waals surface area contributed by atoms with Gasteiger partial charge in [-0.25, -0.2) is 4.79 Å². The predicted molar refractivity (Wildman–Crippen MR) is 120 cm³/mol. The summed E-state index contributed by atoms with van der Waals surface area (Å²) < 4.78 is 6.16. The fourth-order valence-corrected chi connectivity index (χ4v) is 5.07. The number of carbonyl (C=O) groups is 2. The molecule has 3 fully saturated rings. The summed E-state index contributed by atoms with van der Waals surface area (Å²) in [5, 5.41) is 2.38. The highest BCUT2D eigenvalue weighted by Gasteiger charge is 2.45. The minimum Gasteiger partial charge on any atom is -0.374 e. The Hall–Kier alpha value is -2.86. The van der Waals surface area contributed by atoms with Gasteiger partial charge in [0.15, 0.2) is 0 Å². The minimum absolute atomic E-state index is 0.205. The number of nitrogens with zero attached hydrogens (tertiary/aromatic N) is 2. The van der Waals surface area contributed by atoms with Gasteiger partial charge in [-0.2, -0.15) is 0 Å². The zero-order valence-electron chi connectivity index (χ0n) is 17.8. The summed E-state index contributed by atoms with van der Waals surface area (Å²) in [6.45, 7) is 3.33. The van der Waals surface area contributed by atoms with Gasteiger partial charge in [0.1, 0.15) is 0 Å². The quantitative estimate of drug-likeness (QED) is 0.793. The van der Waals surface area contributed by atoms with E-state index in [9.17, 15) is 9.59 Å². The molecule has 2 aromatic carbocycles. The van der Waals surface area contributed by atoms with Crippen LogP contribution >= 0.6 is 0 Å². The van der Waals surface area contributed by atoms with Gasteiger partial charge in [-0.15, -0.1) is 0 Å². The summed E-state index contributed by atoms with van der Waals surface area (Å²) in [6, 6.07) is 18.2. The Kier molecular flexibility index (Phi) is 5.40. The summed E-state index contributed by atoms with van der Waals surface area (Å²) in [5.74, 6) is -0.205. The van der Waals surface area contributed by atoms with Gasteiger partial charge in [0.05, 0.1) is 12.7 Å². The van der Waals surface area contributed by atoms with Crippen LogP contribution in [-0.4, -0.2) is 37.7 Å². The number of imide groups is 1. The van der Waals surface area contributed by atoms with Crippen molar-refractivity contribution in [3.63, 3.8) is 0 Å². The second kappa shape index (κ2) is 8.35. The van der Waals surface area contributed by atoms with Gasteiger partial charge >= 0.3 is 6.03 Å². The summed E-state index contributed by atoms with van der Waals surface area (Å²) in [5.41, 5.74) is 3.71. The van der Waals surface area contributed by atoms with Crippen LogP contribution in [0.25, 0.3) is 0 Å². The largest absolute Gasteiger partial charge is 0.374 e. The van der Waals surface area contributed by atoms with E-state index in [0.717, 1.165) is 31.6 Å². The fourth-order valence-electron chi connectivity index (χ4n) is 5.07. The molecule has 0 bridgehead atoms. The number of hydrogen-bond acceptors (Lipinski definition) is 4. The molecule has 2 aliphatic heterocycles. The van der Waals surface area contributed by atoms with Crippen molar-refractivity contribution < 1.29 is 14.3 Å². The van der Waals surface area contributed by atoms with Gasteiger partial charge in [-0.3, -0.25) is 15.0 Å². The van der Waals surface area contributed by atoms with E-state index in [2.05, 4.69) is 46.6 Å². The number of hydrogen-bond donors (Lipinski definition) is 1. The van der Waals surface area contributed by atoms with Crippen molar-refractivity contribution in [2.45, 2.75) is 44.8 Å². The molecule has 2 heterocycles. The molecule has 1 spiro atoms. The molecule has 0 aromatic heterocycles. The Labute approximate surface area is 183 Å². The van der Waals surface area contributed by atoms with E-state index >= 15 is 0 Å². The third-order valence-electron chi connectivity index (χ3n) is 6.95. The number of anilines is 2. The molecule has 5 rings (SSSR count). The molecule has 0 atom stereocenters. The number of ether oxygens (including phenoxy) is 1. The van der Waals surface area contributed by atoms with E-state index in [-0.39, 0.29) is 11.9 Å². The molecule has 162 valence electrons. The monoisotopic (exact) mass is 419 g/mol. The van der Waals surface area contributed by atoms with E-state index in [1.54, 1.807) is 4.90 Å². The molecule has 3 amide bonds. The molecule has 1 saturated carbocycles. The molecular formula is C25H29N3O3. The van der Waals surface area contributed by atoms with Crippen LogP contribution in [0.1, 0.15) is 37.7 Å². The number of amides is 3. The number of rotatable bonds is 5. The van der Waals surface area contributed by atoms with Gasteiger partial charge in [-0.05, 0) is 55.5 Å². The van der Waals surface area contributed by atoms with Gasteiger partial charge in [-0.1, -0.05) is 30.3 Å². The number of benzene rings is 2. The highest BCUT2D eigenvalue weighted by Crippen LogP contribution is 2.46. The van der Waals surface area contributed by atoms with Crippen molar-refractivity contribution in [1.29, 1.82) is 0 Å². The zero-order valence-corrected chi connectivity index (χ0v) is 17.8. The average Bonchev–Trinajstić information content (AvgIpc) is 2.77.